The number of rotatable bonds is 6. The Hall–Kier alpha value is -3.15. The summed E-state index contributed by atoms with van der Waals surface area (Å²) in [5.74, 6) is -0.604. The van der Waals surface area contributed by atoms with E-state index < -0.39 is 12.1 Å². The van der Waals surface area contributed by atoms with E-state index in [-0.39, 0.29) is 18.1 Å². The highest BCUT2D eigenvalue weighted by atomic mass is 16.4. The molecule has 0 radical (unpaired) electrons. The molecular formula is C19H20N2O4. The molecule has 2 amide bonds. The van der Waals surface area contributed by atoms with E-state index in [1.54, 1.807) is 37.3 Å². The van der Waals surface area contributed by atoms with Crippen LogP contribution in [0.3, 0.4) is 0 Å². The molecule has 0 bridgehead atoms. The maximum Gasteiger partial charge on any atom is 0.405 e. The number of carboxylic acid groups (broad SMARTS) is 1. The van der Waals surface area contributed by atoms with Crippen LogP contribution in [-0.2, 0) is 11.2 Å². The molecule has 2 aromatic carbocycles. The van der Waals surface area contributed by atoms with Crippen LogP contribution in [0.5, 0.6) is 0 Å². The lowest BCUT2D eigenvalue weighted by Crippen LogP contribution is -2.38. The van der Waals surface area contributed by atoms with Crippen molar-refractivity contribution in [2.45, 2.75) is 26.3 Å². The topological polar surface area (TPSA) is 95.5 Å². The summed E-state index contributed by atoms with van der Waals surface area (Å²) in [5.41, 5.74) is 2.41. The minimum atomic E-state index is -1.26. The van der Waals surface area contributed by atoms with E-state index >= 15 is 0 Å². The van der Waals surface area contributed by atoms with Crippen molar-refractivity contribution < 1.29 is 19.5 Å². The van der Waals surface area contributed by atoms with Gasteiger partial charge in [-0.25, -0.2) is 4.79 Å². The zero-order valence-corrected chi connectivity index (χ0v) is 14.1. The van der Waals surface area contributed by atoms with Crippen molar-refractivity contribution in [1.82, 2.24) is 5.32 Å². The summed E-state index contributed by atoms with van der Waals surface area (Å²) in [7, 11) is 0. The average Bonchev–Trinajstić information content (AvgIpc) is 2.55. The second kappa shape index (κ2) is 8.10. The molecule has 0 heterocycles. The Morgan fingerprint density at radius 1 is 1.04 bits per heavy atom. The standard InChI is InChI=1S/C19H20N2O4/c1-12-7-6-8-14(11-16(22)13(2)20-19(24)25)17(12)18(23)21-15-9-4-3-5-10-15/h3-10,13,20H,11H2,1-2H3,(H,21,23)(H,24,25). The Labute approximate surface area is 145 Å². The fourth-order valence-electron chi connectivity index (χ4n) is 2.52. The first-order valence-electron chi connectivity index (χ1n) is 7.85. The predicted octanol–water partition coefficient (Wildman–Crippen LogP) is 3.02. The summed E-state index contributed by atoms with van der Waals surface area (Å²) in [6.45, 7) is 3.28. The highest BCUT2D eigenvalue weighted by Crippen LogP contribution is 2.18. The van der Waals surface area contributed by atoms with Gasteiger partial charge in [0.15, 0.2) is 5.78 Å². The van der Waals surface area contributed by atoms with E-state index in [9.17, 15) is 14.4 Å². The van der Waals surface area contributed by atoms with Crippen LogP contribution in [0.1, 0.15) is 28.4 Å². The number of anilines is 1. The van der Waals surface area contributed by atoms with Gasteiger partial charge in [-0.2, -0.15) is 0 Å². The third-order valence-electron chi connectivity index (χ3n) is 3.81. The summed E-state index contributed by atoms with van der Waals surface area (Å²) < 4.78 is 0. The number of Topliss-reactive ketones (excluding diaryl/α,β-unsaturated/α-hetero) is 1. The number of carbonyl (C=O) groups excluding carboxylic acids is 2. The lowest BCUT2D eigenvalue weighted by Gasteiger charge is -2.15. The van der Waals surface area contributed by atoms with Crippen LogP contribution in [0, 0.1) is 6.92 Å². The van der Waals surface area contributed by atoms with Crippen molar-refractivity contribution in [3.05, 3.63) is 65.2 Å². The van der Waals surface area contributed by atoms with Gasteiger partial charge in [0.1, 0.15) is 0 Å². The first kappa shape index (κ1) is 18.2. The zero-order chi connectivity index (χ0) is 18.4. The fraction of sp³-hybridized carbons (Fsp3) is 0.211. The number of benzene rings is 2. The van der Waals surface area contributed by atoms with Crippen LogP contribution >= 0.6 is 0 Å². The molecule has 0 saturated carbocycles. The molecule has 3 N–H and O–H groups in total. The molecule has 0 aliphatic carbocycles. The van der Waals surface area contributed by atoms with Gasteiger partial charge in [-0.1, -0.05) is 36.4 Å². The molecule has 6 nitrogen and oxygen atoms in total. The van der Waals surface area contributed by atoms with Crippen molar-refractivity contribution in [2.75, 3.05) is 5.32 Å². The lowest BCUT2D eigenvalue weighted by atomic mass is 9.95. The second-order valence-electron chi connectivity index (χ2n) is 5.74. The molecule has 25 heavy (non-hydrogen) atoms. The largest absolute Gasteiger partial charge is 0.465 e. The van der Waals surface area contributed by atoms with Gasteiger partial charge in [-0.05, 0) is 37.1 Å². The van der Waals surface area contributed by atoms with Gasteiger partial charge in [-0.15, -0.1) is 0 Å². The number of ketones is 1. The molecule has 0 aliphatic rings. The summed E-state index contributed by atoms with van der Waals surface area (Å²) in [6.07, 6.45) is -1.28. The molecule has 0 fully saturated rings. The molecule has 0 spiro atoms. The zero-order valence-electron chi connectivity index (χ0n) is 14.1. The van der Waals surface area contributed by atoms with Crippen LogP contribution in [0.15, 0.2) is 48.5 Å². The van der Waals surface area contributed by atoms with Crippen LogP contribution in [0.2, 0.25) is 0 Å². The summed E-state index contributed by atoms with van der Waals surface area (Å²) in [6, 6.07) is 13.5. The van der Waals surface area contributed by atoms with E-state index in [1.807, 2.05) is 18.2 Å². The van der Waals surface area contributed by atoms with Crippen molar-refractivity contribution in [3.63, 3.8) is 0 Å². The molecule has 2 aromatic rings. The van der Waals surface area contributed by atoms with Gasteiger partial charge in [-0.3, -0.25) is 9.59 Å². The van der Waals surface area contributed by atoms with E-state index in [2.05, 4.69) is 10.6 Å². The number of hydrogen-bond acceptors (Lipinski definition) is 3. The Morgan fingerprint density at radius 3 is 2.36 bits per heavy atom. The average molecular weight is 340 g/mol. The Kier molecular flexibility index (Phi) is 5.89. The van der Waals surface area contributed by atoms with E-state index in [0.29, 0.717) is 16.8 Å². The van der Waals surface area contributed by atoms with Crippen LogP contribution in [-0.4, -0.2) is 28.9 Å². The predicted molar refractivity (Wildman–Crippen MR) is 94.9 cm³/mol. The second-order valence-corrected chi connectivity index (χ2v) is 5.74. The van der Waals surface area contributed by atoms with Crippen molar-refractivity contribution in [1.29, 1.82) is 0 Å². The third-order valence-corrected chi connectivity index (χ3v) is 3.81. The quantitative estimate of drug-likeness (QED) is 0.753. The van der Waals surface area contributed by atoms with Gasteiger partial charge in [0, 0.05) is 17.7 Å². The first-order valence-corrected chi connectivity index (χ1v) is 7.85. The van der Waals surface area contributed by atoms with Crippen molar-refractivity contribution >= 4 is 23.5 Å². The minimum Gasteiger partial charge on any atom is -0.465 e. The van der Waals surface area contributed by atoms with Crippen molar-refractivity contribution in [3.8, 4) is 0 Å². The number of hydrogen-bond donors (Lipinski definition) is 3. The summed E-state index contributed by atoms with van der Waals surface area (Å²) in [5, 5.41) is 13.7. The van der Waals surface area contributed by atoms with Crippen LogP contribution in [0.25, 0.3) is 0 Å². The van der Waals surface area contributed by atoms with Crippen LogP contribution < -0.4 is 10.6 Å². The number of carbonyl (C=O) groups is 3. The van der Waals surface area contributed by atoms with E-state index in [4.69, 9.17) is 5.11 Å². The molecule has 1 atom stereocenters. The van der Waals surface area contributed by atoms with Gasteiger partial charge in [0.05, 0.1) is 6.04 Å². The van der Waals surface area contributed by atoms with Gasteiger partial charge in [0.25, 0.3) is 5.91 Å². The molecule has 130 valence electrons. The lowest BCUT2D eigenvalue weighted by molar-refractivity contribution is -0.119. The Morgan fingerprint density at radius 2 is 1.72 bits per heavy atom. The van der Waals surface area contributed by atoms with Gasteiger partial charge < -0.3 is 15.7 Å². The molecule has 1 unspecified atom stereocenters. The fourth-order valence-corrected chi connectivity index (χ4v) is 2.52. The maximum atomic E-state index is 12.7. The molecule has 0 aliphatic heterocycles. The highest BCUT2D eigenvalue weighted by Gasteiger charge is 2.20. The normalized spacial score (nSPS) is 11.4. The third kappa shape index (κ3) is 4.91. The smallest absolute Gasteiger partial charge is 0.405 e. The summed E-state index contributed by atoms with van der Waals surface area (Å²) >= 11 is 0. The van der Waals surface area contributed by atoms with Gasteiger partial charge in [0.2, 0.25) is 0 Å². The van der Waals surface area contributed by atoms with Gasteiger partial charge >= 0.3 is 6.09 Å². The van der Waals surface area contributed by atoms with Crippen LogP contribution in [0.4, 0.5) is 10.5 Å². The number of para-hydroxylation sites is 1. The molecule has 2 rings (SSSR count). The molecule has 0 saturated heterocycles. The number of nitrogens with one attached hydrogen (secondary N) is 2. The Bertz CT molecular complexity index is 787. The monoisotopic (exact) mass is 340 g/mol. The highest BCUT2D eigenvalue weighted by molar-refractivity contribution is 6.07. The van der Waals surface area contributed by atoms with E-state index in [1.165, 1.54) is 6.92 Å². The Balaban J connectivity index is 2.22. The molecule has 0 aromatic heterocycles. The van der Waals surface area contributed by atoms with E-state index in [0.717, 1.165) is 5.56 Å². The first-order chi connectivity index (χ1) is 11.9. The summed E-state index contributed by atoms with van der Waals surface area (Å²) in [4.78, 5) is 35.6. The molecule has 6 heteroatoms. The molecular weight excluding hydrogens is 320 g/mol. The SMILES string of the molecule is Cc1cccc(CC(=O)C(C)NC(=O)O)c1C(=O)Nc1ccccc1. The van der Waals surface area contributed by atoms with Crippen molar-refractivity contribution in [2.24, 2.45) is 0 Å². The maximum absolute atomic E-state index is 12.7. The minimum absolute atomic E-state index is 0.0271. The number of aryl methyl sites for hydroxylation is 1. The number of amides is 2.